The second kappa shape index (κ2) is 6.82. The van der Waals surface area contributed by atoms with Gasteiger partial charge in [-0.2, -0.15) is 5.26 Å². The Hall–Kier alpha value is -2.90. The van der Waals surface area contributed by atoms with Gasteiger partial charge in [-0.25, -0.2) is 0 Å². The Morgan fingerprint density at radius 2 is 1.93 bits per heavy atom. The summed E-state index contributed by atoms with van der Waals surface area (Å²) in [6.45, 7) is 8.71. The van der Waals surface area contributed by atoms with E-state index in [4.69, 9.17) is 0 Å². The molecule has 0 saturated carbocycles. The lowest BCUT2D eigenvalue weighted by molar-refractivity contribution is 0.103. The third-order valence-corrected chi connectivity index (χ3v) is 7.14. The maximum absolute atomic E-state index is 13.7. The molecule has 1 saturated heterocycles. The Kier molecular flexibility index (Phi) is 4.34. The monoisotopic (exact) mass is 397 g/mol. The van der Waals surface area contributed by atoms with E-state index in [2.05, 4.69) is 49.3 Å². The molecule has 0 radical (unpaired) electrons. The molecule has 2 aromatic carbocycles. The highest BCUT2D eigenvalue weighted by Gasteiger charge is 2.40. The van der Waals surface area contributed by atoms with Crippen molar-refractivity contribution in [2.45, 2.75) is 51.4 Å². The number of aryl methyl sites for hydroxylation is 1. The van der Waals surface area contributed by atoms with Gasteiger partial charge in [0.05, 0.1) is 17.2 Å². The average molecular weight is 398 g/mol. The highest BCUT2D eigenvalue weighted by atomic mass is 16.1. The zero-order valence-electron chi connectivity index (χ0n) is 17.9. The van der Waals surface area contributed by atoms with Gasteiger partial charge in [-0.1, -0.05) is 32.9 Å². The molecular formula is C26H27N3O. The SMILES string of the molecule is CCc1cc2c(cc1C1CCNCC1)C(C)(C)c1[nH]c3cc(C#N)ccc3c1C2=O. The molecule has 3 aromatic rings. The maximum Gasteiger partial charge on any atom is 0.195 e. The molecule has 2 heterocycles. The van der Waals surface area contributed by atoms with Gasteiger partial charge in [0.2, 0.25) is 0 Å². The minimum absolute atomic E-state index is 0.0989. The molecule has 0 spiro atoms. The van der Waals surface area contributed by atoms with Crippen LogP contribution < -0.4 is 5.32 Å². The van der Waals surface area contributed by atoms with Crippen molar-refractivity contribution in [1.82, 2.24) is 10.3 Å². The van der Waals surface area contributed by atoms with E-state index in [0.717, 1.165) is 65.6 Å². The molecule has 0 bridgehead atoms. The molecule has 152 valence electrons. The van der Waals surface area contributed by atoms with E-state index in [1.165, 1.54) is 11.1 Å². The van der Waals surface area contributed by atoms with Crippen LogP contribution in [0.4, 0.5) is 0 Å². The lowest BCUT2D eigenvalue weighted by Gasteiger charge is -2.35. The van der Waals surface area contributed by atoms with Gasteiger partial charge < -0.3 is 10.3 Å². The molecule has 1 fully saturated rings. The summed E-state index contributed by atoms with van der Waals surface area (Å²) < 4.78 is 0. The zero-order chi connectivity index (χ0) is 21.0. The van der Waals surface area contributed by atoms with Gasteiger partial charge in [-0.15, -0.1) is 0 Å². The number of nitriles is 1. The van der Waals surface area contributed by atoms with Crippen LogP contribution >= 0.6 is 0 Å². The molecule has 4 nitrogen and oxygen atoms in total. The van der Waals surface area contributed by atoms with Crippen LogP contribution in [0.5, 0.6) is 0 Å². The van der Waals surface area contributed by atoms with Crippen molar-refractivity contribution in [2.75, 3.05) is 13.1 Å². The Morgan fingerprint density at radius 1 is 1.17 bits per heavy atom. The van der Waals surface area contributed by atoms with E-state index < -0.39 is 0 Å². The molecule has 1 aromatic heterocycles. The summed E-state index contributed by atoms with van der Waals surface area (Å²) in [5.74, 6) is 0.654. The number of fused-ring (bicyclic) bond motifs is 4. The number of aromatic nitrogens is 1. The highest BCUT2D eigenvalue weighted by Crippen LogP contribution is 2.45. The summed E-state index contributed by atoms with van der Waals surface area (Å²) in [6, 6.07) is 12.2. The summed E-state index contributed by atoms with van der Waals surface area (Å²) in [4.78, 5) is 17.2. The van der Waals surface area contributed by atoms with E-state index >= 15 is 0 Å². The largest absolute Gasteiger partial charge is 0.357 e. The summed E-state index contributed by atoms with van der Waals surface area (Å²) in [6.07, 6.45) is 3.23. The highest BCUT2D eigenvalue weighted by molar-refractivity contribution is 6.20. The van der Waals surface area contributed by atoms with Crippen LogP contribution in [0.3, 0.4) is 0 Å². The van der Waals surface area contributed by atoms with E-state index in [1.54, 1.807) is 6.07 Å². The number of H-pyrrole nitrogens is 1. The lowest BCUT2D eigenvalue weighted by Crippen LogP contribution is -2.32. The van der Waals surface area contributed by atoms with Crippen molar-refractivity contribution in [3.63, 3.8) is 0 Å². The molecule has 2 aliphatic rings. The van der Waals surface area contributed by atoms with Gasteiger partial charge in [-0.3, -0.25) is 4.79 Å². The number of piperidine rings is 1. The number of benzene rings is 2. The first-order valence-corrected chi connectivity index (χ1v) is 10.9. The van der Waals surface area contributed by atoms with Crippen molar-refractivity contribution in [2.24, 2.45) is 0 Å². The third-order valence-electron chi connectivity index (χ3n) is 7.14. The number of carbonyl (C=O) groups is 1. The summed E-state index contributed by atoms with van der Waals surface area (Å²) in [5.41, 5.74) is 7.58. The van der Waals surface area contributed by atoms with Crippen molar-refractivity contribution in [3.8, 4) is 6.07 Å². The third kappa shape index (κ3) is 2.66. The van der Waals surface area contributed by atoms with Crippen molar-refractivity contribution >= 4 is 16.7 Å². The first kappa shape index (κ1) is 19.1. The zero-order valence-corrected chi connectivity index (χ0v) is 17.9. The standard InChI is InChI=1S/C26H27N3O/c1-4-16-12-20-21(13-19(16)17-7-9-28-10-8-17)26(2,3)25-23(24(20)30)18-6-5-15(14-27)11-22(18)29-25/h5-6,11-13,17,28-29H,4,7-10H2,1-3H3. The predicted molar refractivity (Wildman–Crippen MR) is 119 cm³/mol. The fourth-order valence-corrected chi connectivity index (χ4v) is 5.43. The van der Waals surface area contributed by atoms with Gasteiger partial charge >= 0.3 is 0 Å². The van der Waals surface area contributed by atoms with Crippen LogP contribution in [0, 0.1) is 11.3 Å². The molecule has 0 atom stereocenters. The van der Waals surface area contributed by atoms with Crippen LogP contribution in [0.1, 0.15) is 83.4 Å². The minimum Gasteiger partial charge on any atom is -0.357 e. The summed E-state index contributed by atoms with van der Waals surface area (Å²) in [5, 5.41) is 13.6. The van der Waals surface area contributed by atoms with E-state index in [9.17, 15) is 10.1 Å². The van der Waals surface area contributed by atoms with Crippen LogP contribution in [0.2, 0.25) is 0 Å². The smallest absolute Gasteiger partial charge is 0.195 e. The quantitative estimate of drug-likeness (QED) is 0.644. The maximum atomic E-state index is 13.7. The van der Waals surface area contributed by atoms with Crippen molar-refractivity contribution in [3.05, 3.63) is 69.4 Å². The summed E-state index contributed by atoms with van der Waals surface area (Å²) in [7, 11) is 0. The molecule has 0 amide bonds. The first-order valence-electron chi connectivity index (χ1n) is 10.9. The number of hydrogen-bond donors (Lipinski definition) is 2. The van der Waals surface area contributed by atoms with Crippen LogP contribution in [-0.2, 0) is 11.8 Å². The molecule has 0 unspecified atom stereocenters. The van der Waals surface area contributed by atoms with E-state index in [0.29, 0.717) is 11.5 Å². The van der Waals surface area contributed by atoms with Gasteiger partial charge in [0.1, 0.15) is 0 Å². The number of nitrogens with zero attached hydrogens (tertiary/aromatic N) is 1. The van der Waals surface area contributed by atoms with E-state index in [1.807, 2.05) is 12.1 Å². The predicted octanol–water partition coefficient (Wildman–Crippen LogP) is 4.94. The molecule has 1 aliphatic carbocycles. The number of ketones is 1. The van der Waals surface area contributed by atoms with Crippen LogP contribution in [-0.4, -0.2) is 23.9 Å². The second-order valence-corrected chi connectivity index (χ2v) is 9.18. The van der Waals surface area contributed by atoms with Gasteiger partial charge in [0.15, 0.2) is 5.78 Å². The second-order valence-electron chi connectivity index (χ2n) is 9.18. The normalized spacial score (nSPS) is 18.1. The van der Waals surface area contributed by atoms with Crippen molar-refractivity contribution in [1.29, 1.82) is 5.26 Å². The Bertz CT molecular complexity index is 1220. The number of carbonyl (C=O) groups excluding carboxylic acids is 1. The molecular weight excluding hydrogens is 370 g/mol. The number of hydrogen-bond acceptors (Lipinski definition) is 3. The Balaban J connectivity index is 1.73. The molecule has 30 heavy (non-hydrogen) atoms. The first-order chi connectivity index (χ1) is 14.5. The summed E-state index contributed by atoms with van der Waals surface area (Å²) >= 11 is 0. The van der Waals surface area contributed by atoms with Crippen molar-refractivity contribution < 1.29 is 4.79 Å². The molecule has 5 rings (SSSR count). The fraction of sp³-hybridized carbons (Fsp3) is 0.385. The van der Waals surface area contributed by atoms with Gasteiger partial charge in [0, 0.05) is 27.6 Å². The lowest BCUT2D eigenvalue weighted by atomic mass is 9.69. The fourth-order valence-electron chi connectivity index (χ4n) is 5.43. The van der Waals surface area contributed by atoms with Crippen LogP contribution in [0.15, 0.2) is 30.3 Å². The number of nitrogens with one attached hydrogen (secondary N) is 2. The molecule has 2 N–H and O–H groups in total. The Labute approximate surface area is 177 Å². The van der Waals surface area contributed by atoms with Crippen LogP contribution in [0.25, 0.3) is 10.9 Å². The van der Waals surface area contributed by atoms with Gasteiger partial charge in [-0.05, 0) is 73.2 Å². The minimum atomic E-state index is -0.307. The van der Waals surface area contributed by atoms with Gasteiger partial charge in [0.25, 0.3) is 0 Å². The Morgan fingerprint density at radius 3 is 2.63 bits per heavy atom. The number of aromatic amines is 1. The number of rotatable bonds is 2. The molecule has 1 aliphatic heterocycles. The molecule has 4 heteroatoms. The topological polar surface area (TPSA) is 68.7 Å². The van der Waals surface area contributed by atoms with E-state index in [-0.39, 0.29) is 11.2 Å². The average Bonchev–Trinajstić information content (AvgIpc) is 3.17.